The van der Waals surface area contributed by atoms with Crippen molar-refractivity contribution in [2.75, 3.05) is 0 Å². The van der Waals surface area contributed by atoms with Crippen LogP contribution in [-0.2, 0) is 0 Å². The number of halogens is 2. The van der Waals surface area contributed by atoms with E-state index in [9.17, 15) is 9.90 Å². The first kappa shape index (κ1) is 20.4. The third-order valence-electron chi connectivity index (χ3n) is 5.04. The van der Waals surface area contributed by atoms with Crippen LogP contribution < -0.4 is 0 Å². The third-order valence-corrected chi connectivity index (χ3v) is 5.79. The van der Waals surface area contributed by atoms with Crippen molar-refractivity contribution < 1.29 is 9.90 Å². The molecule has 0 unspecified atom stereocenters. The highest BCUT2D eigenvalue weighted by Gasteiger charge is 2.16. The second-order valence-corrected chi connectivity index (χ2v) is 8.45. The van der Waals surface area contributed by atoms with Crippen LogP contribution in [0.1, 0.15) is 10.4 Å². The van der Waals surface area contributed by atoms with Crippen LogP contribution in [0, 0.1) is 0 Å². The Balaban J connectivity index is 1.60. The molecule has 5 rings (SSSR count). The number of benzene rings is 3. The summed E-state index contributed by atoms with van der Waals surface area (Å²) in [6.45, 7) is 0. The summed E-state index contributed by atoms with van der Waals surface area (Å²) < 4.78 is 0.819. The number of hydrogen-bond donors (Lipinski definition) is 2. The van der Waals surface area contributed by atoms with E-state index in [1.54, 1.807) is 30.3 Å². The summed E-state index contributed by atoms with van der Waals surface area (Å²) in [7, 11) is 0. The van der Waals surface area contributed by atoms with Crippen LogP contribution in [0.15, 0.2) is 87.5 Å². The van der Waals surface area contributed by atoms with Gasteiger partial charge in [-0.25, -0.2) is 4.98 Å². The molecule has 0 fully saturated rings. The molecule has 0 aliphatic heterocycles. The number of para-hydroxylation sites is 1. The number of carbonyl (C=O) groups is 1. The average Bonchev–Trinajstić information content (AvgIpc) is 3.11. The number of aromatic nitrogens is 2. The lowest BCUT2D eigenvalue weighted by atomic mass is 10.0. The van der Waals surface area contributed by atoms with E-state index in [1.165, 1.54) is 0 Å². The van der Waals surface area contributed by atoms with Gasteiger partial charge in [-0.2, -0.15) is 0 Å². The van der Waals surface area contributed by atoms with Crippen LogP contribution in [0.3, 0.4) is 0 Å². The summed E-state index contributed by atoms with van der Waals surface area (Å²) in [6, 6.07) is 21.7. The summed E-state index contributed by atoms with van der Waals surface area (Å²) in [6.07, 6.45) is 0. The second-order valence-electron chi connectivity index (χ2n) is 7.10. The number of hydrogen-bond acceptors (Lipinski definition) is 4. The van der Waals surface area contributed by atoms with E-state index in [0.717, 1.165) is 10.0 Å². The predicted octanol–water partition coefficient (Wildman–Crippen LogP) is 7.43. The van der Waals surface area contributed by atoms with Gasteiger partial charge >= 0.3 is 0 Å². The topological polar surface area (TPSA) is 90.7 Å². The molecule has 0 spiro atoms. The molecule has 2 heterocycles. The zero-order valence-corrected chi connectivity index (χ0v) is 18.7. The molecule has 156 valence electrons. The van der Waals surface area contributed by atoms with Crippen LogP contribution >= 0.6 is 27.5 Å². The molecular formula is C24H14BrClN4O2. The molecular weight excluding hydrogens is 492 g/mol. The summed E-state index contributed by atoms with van der Waals surface area (Å²) in [5.74, 6) is -0.696. The monoisotopic (exact) mass is 504 g/mol. The number of H-pyrrole nitrogens is 1. The third kappa shape index (κ3) is 3.77. The Morgan fingerprint density at radius 1 is 1.00 bits per heavy atom. The van der Waals surface area contributed by atoms with Gasteiger partial charge in [0.05, 0.1) is 22.3 Å². The molecule has 0 aliphatic rings. The lowest BCUT2D eigenvalue weighted by molar-refractivity contribution is 0.0996. The minimum absolute atomic E-state index is 0.156. The van der Waals surface area contributed by atoms with Gasteiger partial charge in [0, 0.05) is 25.8 Å². The Labute approximate surface area is 195 Å². The van der Waals surface area contributed by atoms with Crippen molar-refractivity contribution in [1.29, 1.82) is 0 Å². The highest BCUT2D eigenvalue weighted by molar-refractivity contribution is 9.10. The van der Waals surface area contributed by atoms with Crippen LogP contribution in [0.4, 0.5) is 5.69 Å². The summed E-state index contributed by atoms with van der Waals surface area (Å²) in [4.78, 5) is 20.6. The van der Waals surface area contributed by atoms with Crippen molar-refractivity contribution in [2.45, 2.75) is 0 Å². The van der Waals surface area contributed by atoms with Crippen molar-refractivity contribution in [3.8, 4) is 17.1 Å². The molecule has 2 N–H and O–H groups in total. The number of azo groups is 1. The number of carbonyl (C=O) groups excluding carboxylic acids is 1. The van der Waals surface area contributed by atoms with Crippen molar-refractivity contribution in [2.24, 2.45) is 10.2 Å². The van der Waals surface area contributed by atoms with E-state index in [2.05, 4.69) is 36.1 Å². The van der Waals surface area contributed by atoms with Gasteiger partial charge in [0.2, 0.25) is 5.88 Å². The van der Waals surface area contributed by atoms with Gasteiger partial charge in [-0.15, -0.1) is 10.2 Å². The minimum atomic E-state index is -0.539. The number of amides is 1. The van der Waals surface area contributed by atoms with E-state index in [0.29, 0.717) is 38.1 Å². The van der Waals surface area contributed by atoms with Gasteiger partial charge in [-0.3, -0.25) is 4.79 Å². The molecule has 0 bridgehead atoms. The fourth-order valence-corrected chi connectivity index (χ4v) is 3.99. The first-order valence-corrected chi connectivity index (χ1v) is 10.8. The van der Waals surface area contributed by atoms with E-state index in [4.69, 9.17) is 11.6 Å². The number of nitrogens with zero attached hydrogens (tertiary/aromatic N) is 3. The Kier molecular flexibility index (Phi) is 5.20. The standard InChI is InChI=1S/C24H14BrClN4O2/c25-14-7-10-20-18(11-14)22(24(32)28-20)29-30-23(31)17-12-21(13-5-8-15(26)9-6-13)27-19-4-2-1-3-16(17)19/h1-12,28,32H. The summed E-state index contributed by atoms with van der Waals surface area (Å²) in [5, 5.41) is 20.2. The predicted molar refractivity (Wildman–Crippen MR) is 129 cm³/mol. The summed E-state index contributed by atoms with van der Waals surface area (Å²) in [5.41, 5.74) is 3.36. The largest absolute Gasteiger partial charge is 0.493 e. The first-order chi connectivity index (χ1) is 15.5. The molecule has 0 saturated carbocycles. The highest BCUT2D eigenvalue weighted by atomic mass is 79.9. The van der Waals surface area contributed by atoms with Crippen molar-refractivity contribution in [1.82, 2.24) is 9.97 Å². The highest BCUT2D eigenvalue weighted by Crippen LogP contribution is 2.37. The van der Waals surface area contributed by atoms with Crippen LogP contribution in [-0.4, -0.2) is 21.0 Å². The average molecular weight is 506 g/mol. The zero-order chi connectivity index (χ0) is 22.2. The fraction of sp³-hybridized carbons (Fsp3) is 0. The minimum Gasteiger partial charge on any atom is -0.493 e. The number of aromatic amines is 1. The lowest BCUT2D eigenvalue weighted by Gasteiger charge is -2.07. The van der Waals surface area contributed by atoms with Crippen molar-refractivity contribution >= 4 is 60.9 Å². The zero-order valence-electron chi connectivity index (χ0n) is 16.4. The van der Waals surface area contributed by atoms with E-state index in [1.807, 2.05) is 42.5 Å². The van der Waals surface area contributed by atoms with Gasteiger partial charge in [-0.1, -0.05) is 57.9 Å². The molecule has 0 atom stereocenters. The second kappa shape index (κ2) is 8.18. The molecule has 0 saturated heterocycles. The van der Waals surface area contributed by atoms with Gasteiger partial charge in [-0.05, 0) is 42.5 Å². The maximum absolute atomic E-state index is 13.1. The molecule has 3 aromatic carbocycles. The van der Waals surface area contributed by atoms with Crippen LogP contribution in [0.25, 0.3) is 33.1 Å². The first-order valence-electron chi connectivity index (χ1n) is 9.61. The number of pyridine rings is 1. The molecule has 0 radical (unpaired) electrons. The quantitative estimate of drug-likeness (QED) is 0.250. The van der Waals surface area contributed by atoms with Gasteiger partial charge in [0.15, 0.2) is 5.69 Å². The fourth-order valence-electron chi connectivity index (χ4n) is 3.51. The Morgan fingerprint density at radius 2 is 1.78 bits per heavy atom. The van der Waals surface area contributed by atoms with Crippen LogP contribution in [0.5, 0.6) is 5.88 Å². The number of rotatable bonds is 3. The normalized spacial score (nSPS) is 11.6. The molecule has 2 aromatic heterocycles. The van der Waals surface area contributed by atoms with E-state index in [-0.39, 0.29) is 11.6 Å². The van der Waals surface area contributed by atoms with E-state index >= 15 is 0 Å². The van der Waals surface area contributed by atoms with Crippen molar-refractivity contribution in [3.63, 3.8) is 0 Å². The van der Waals surface area contributed by atoms with Gasteiger partial charge in [0.25, 0.3) is 5.91 Å². The van der Waals surface area contributed by atoms with Crippen LogP contribution in [0.2, 0.25) is 5.02 Å². The maximum Gasteiger partial charge on any atom is 0.296 e. The molecule has 8 heteroatoms. The van der Waals surface area contributed by atoms with Gasteiger partial charge < -0.3 is 10.1 Å². The number of aromatic hydroxyl groups is 1. The number of fused-ring (bicyclic) bond motifs is 2. The van der Waals surface area contributed by atoms with Crippen molar-refractivity contribution in [3.05, 3.63) is 87.9 Å². The Morgan fingerprint density at radius 3 is 2.59 bits per heavy atom. The molecule has 32 heavy (non-hydrogen) atoms. The van der Waals surface area contributed by atoms with E-state index < -0.39 is 5.91 Å². The maximum atomic E-state index is 13.1. The molecule has 5 aromatic rings. The lowest BCUT2D eigenvalue weighted by Crippen LogP contribution is -1.98. The smallest absolute Gasteiger partial charge is 0.296 e. The Bertz CT molecular complexity index is 1530. The Hall–Kier alpha value is -3.55. The number of nitrogens with one attached hydrogen (secondary N) is 1. The van der Waals surface area contributed by atoms with Gasteiger partial charge in [0.1, 0.15) is 0 Å². The summed E-state index contributed by atoms with van der Waals surface area (Å²) >= 11 is 9.41. The molecule has 6 nitrogen and oxygen atoms in total. The molecule has 0 aliphatic carbocycles. The molecule has 1 amide bonds. The SMILES string of the molecule is O=C(N=Nc1c(O)[nH]c2ccc(Br)cc12)c1cc(-c2ccc(Cl)cc2)nc2ccccc12.